The van der Waals surface area contributed by atoms with Gasteiger partial charge in [0.1, 0.15) is 5.82 Å². The number of benzene rings is 3. The van der Waals surface area contributed by atoms with E-state index in [0.717, 1.165) is 0 Å². The zero-order chi connectivity index (χ0) is 31.8. The third-order valence-electron chi connectivity index (χ3n) is 8.31. The molecule has 5 atom stereocenters. The molecule has 5 unspecified atom stereocenters. The number of ketones is 1. The van der Waals surface area contributed by atoms with Crippen LogP contribution in [-0.4, -0.2) is 50.2 Å². The number of halogens is 4. The molecule has 45 heavy (non-hydrogen) atoms. The van der Waals surface area contributed by atoms with Crippen LogP contribution in [0.25, 0.3) is 22.2 Å². The van der Waals surface area contributed by atoms with E-state index >= 15 is 0 Å². The summed E-state index contributed by atoms with van der Waals surface area (Å²) in [6, 6.07) is 20.6. The van der Waals surface area contributed by atoms with Crippen molar-refractivity contribution >= 4 is 83.6 Å². The van der Waals surface area contributed by atoms with Crippen LogP contribution >= 0.6 is 43.5 Å². The summed E-state index contributed by atoms with van der Waals surface area (Å²) in [6.07, 6.45) is 0.0687. The lowest BCUT2D eigenvalue weighted by atomic mass is 9.81. The summed E-state index contributed by atoms with van der Waals surface area (Å²) in [5.41, 5.74) is 2.52. The van der Waals surface area contributed by atoms with Crippen LogP contribution in [0.15, 0.2) is 78.9 Å². The summed E-state index contributed by atoms with van der Waals surface area (Å²) < 4.78 is 19.1. The Hall–Kier alpha value is -3.47. The fourth-order valence-electron chi connectivity index (χ4n) is 5.96. The van der Waals surface area contributed by atoms with Gasteiger partial charge in [-0.15, -0.1) is 11.6 Å². The molecule has 1 aliphatic heterocycles. The number of amides is 2. The molecule has 2 fully saturated rings. The van der Waals surface area contributed by atoms with Crippen LogP contribution < -0.4 is 4.90 Å². The lowest BCUT2D eigenvalue weighted by Gasteiger charge is -2.29. The van der Waals surface area contributed by atoms with Gasteiger partial charge >= 0.3 is 5.97 Å². The van der Waals surface area contributed by atoms with Gasteiger partial charge in [-0.2, -0.15) is 0 Å². The van der Waals surface area contributed by atoms with E-state index in [4.69, 9.17) is 21.3 Å². The minimum atomic E-state index is -1.17. The highest BCUT2D eigenvalue weighted by Gasteiger charge is 2.52. The SMILES string of the molecule is O=C(OC(CCCl)C(=O)c1ccc(F)cc1)c1cc(-c2ccc(N3C(=O)C4CC(Br)C(Br)CC4C3=O)cc2)nc2ccccc12. The predicted octanol–water partition coefficient (Wildman–Crippen LogP) is 7.50. The second kappa shape index (κ2) is 13.1. The maximum Gasteiger partial charge on any atom is 0.339 e. The molecule has 1 saturated carbocycles. The summed E-state index contributed by atoms with van der Waals surface area (Å²) in [5, 5.41) is 0.535. The molecule has 7 nitrogen and oxygen atoms in total. The molecule has 2 aliphatic rings. The summed E-state index contributed by atoms with van der Waals surface area (Å²) in [4.78, 5) is 59.5. The Bertz CT molecular complexity index is 1780. The summed E-state index contributed by atoms with van der Waals surface area (Å²) >= 11 is 13.2. The average Bonchev–Trinajstić information content (AvgIpc) is 3.28. The minimum absolute atomic E-state index is 0.0659. The number of hydrogen-bond acceptors (Lipinski definition) is 6. The molecule has 3 aromatic carbocycles. The number of hydrogen-bond donors (Lipinski definition) is 0. The molecule has 230 valence electrons. The third-order valence-corrected chi connectivity index (χ3v) is 11.3. The summed E-state index contributed by atoms with van der Waals surface area (Å²) in [5.74, 6) is -2.75. The number of carbonyl (C=O) groups is 4. The number of esters is 1. The van der Waals surface area contributed by atoms with Crippen molar-refractivity contribution in [3.05, 3.63) is 95.8 Å². The van der Waals surface area contributed by atoms with Crippen molar-refractivity contribution in [2.45, 2.75) is 35.0 Å². The van der Waals surface area contributed by atoms with E-state index in [9.17, 15) is 23.6 Å². The monoisotopic (exact) mass is 754 g/mol. The number of carbonyl (C=O) groups excluding carboxylic acids is 4. The Morgan fingerprint density at radius 2 is 1.56 bits per heavy atom. The minimum Gasteiger partial charge on any atom is -0.450 e. The Morgan fingerprint density at radius 1 is 0.933 bits per heavy atom. The molecule has 1 aromatic heterocycles. The van der Waals surface area contributed by atoms with Crippen LogP contribution in [0.1, 0.15) is 40.0 Å². The number of aromatic nitrogens is 1. The summed E-state index contributed by atoms with van der Waals surface area (Å²) in [6.45, 7) is 0. The number of Topliss-reactive ketones (excluding diaryl/α,β-unsaturated/α-hetero) is 1. The number of nitrogens with zero attached hydrogens (tertiary/aromatic N) is 2. The Morgan fingerprint density at radius 3 is 2.18 bits per heavy atom. The van der Waals surface area contributed by atoms with Gasteiger partial charge in [0, 0.05) is 38.5 Å². The van der Waals surface area contributed by atoms with Gasteiger partial charge in [-0.1, -0.05) is 62.2 Å². The van der Waals surface area contributed by atoms with E-state index in [1.54, 1.807) is 54.6 Å². The quantitative estimate of drug-likeness (QED) is 0.0801. The van der Waals surface area contributed by atoms with Crippen LogP contribution in [0.2, 0.25) is 0 Å². The topological polar surface area (TPSA) is 93.6 Å². The van der Waals surface area contributed by atoms with Gasteiger partial charge in [0.25, 0.3) is 0 Å². The van der Waals surface area contributed by atoms with Crippen LogP contribution in [-0.2, 0) is 14.3 Å². The highest BCUT2D eigenvalue weighted by atomic mass is 79.9. The van der Waals surface area contributed by atoms with Gasteiger partial charge in [0.15, 0.2) is 6.10 Å². The molecule has 2 amide bonds. The van der Waals surface area contributed by atoms with Crippen LogP contribution in [0.3, 0.4) is 0 Å². The fraction of sp³-hybridized carbons (Fsp3) is 0.265. The van der Waals surface area contributed by atoms with E-state index in [1.807, 2.05) is 0 Å². The zero-order valence-electron chi connectivity index (χ0n) is 23.7. The highest BCUT2D eigenvalue weighted by molar-refractivity contribution is 9.12. The van der Waals surface area contributed by atoms with Gasteiger partial charge in [-0.05, 0) is 61.4 Å². The van der Waals surface area contributed by atoms with E-state index < -0.39 is 23.7 Å². The second-order valence-electron chi connectivity index (χ2n) is 11.1. The lowest BCUT2D eigenvalue weighted by Crippen LogP contribution is -2.34. The normalized spacial score (nSPS) is 21.9. The Kier molecular flexibility index (Phi) is 9.17. The van der Waals surface area contributed by atoms with E-state index in [-0.39, 0.29) is 56.7 Å². The molecule has 11 heteroatoms. The average molecular weight is 757 g/mol. The first-order valence-electron chi connectivity index (χ1n) is 14.4. The standard InChI is InChI=1S/C34H26Br2ClFN2O5/c35-26-15-23-24(16-27(26)36)33(43)40(32(23)42)21-11-7-18(8-12-21)29-17-25(22-3-1-2-4-28(22)39-29)34(44)45-30(13-14-37)31(41)19-5-9-20(38)10-6-19/h1-12,17,23-24,26-27,30H,13-16H2. The van der Waals surface area contributed by atoms with Crippen LogP contribution in [0, 0.1) is 17.7 Å². The van der Waals surface area contributed by atoms with Crippen LogP contribution in [0.4, 0.5) is 10.1 Å². The molecular weight excluding hydrogens is 731 g/mol. The molecule has 6 rings (SSSR count). The van der Waals surface area contributed by atoms with E-state index in [1.165, 1.54) is 29.2 Å². The first-order valence-corrected chi connectivity index (χ1v) is 16.8. The van der Waals surface area contributed by atoms with Gasteiger partial charge < -0.3 is 4.74 Å². The fourth-order valence-corrected chi connectivity index (χ4v) is 7.39. The number of fused-ring (bicyclic) bond motifs is 2. The molecule has 2 heterocycles. The van der Waals surface area contributed by atoms with Gasteiger partial charge in [0.05, 0.1) is 34.3 Å². The molecule has 0 spiro atoms. The largest absolute Gasteiger partial charge is 0.450 e. The molecule has 4 aromatic rings. The van der Waals surface area contributed by atoms with Gasteiger partial charge in [-0.3, -0.25) is 19.3 Å². The first kappa shape index (κ1) is 31.5. The van der Waals surface area contributed by atoms with Crippen LogP contribution in [0.5, 0.6) is 0 Å². The second-order valence-corrected chi connectivity index (χ2v) is 13.8. The number of rotatable bonds is 8. The van der Waals surface area contributed by atoms with Crippen molar-refractivity contribution in [1.82, 2.24) is 4.98 Å². The summed E-state index contributed by atoms with van der Waals surface area (Å²) in [7, 11) is 0. The molecule has 0 radical (unpaired) electrons. The van der Waals surface area contributed by atoms with Crippen molar-refractivity contribution in [3.8, 4) is 11.3 Å². The van der Waals surface area contributed by atoms with E-state index in [2.05, 4.69) is 31.9 Å². The van der Waals surface area contributed by atoms with Crippen molar-refractivity contribution in [1.29, 1.82) is 0 Å². The van der Waals surface area contributed by atoms with Crippen molar-refractivity contribution in [3.63, 3.8) is 0 Å². The third kappa shape index (κ3) is 6.20. The lowest BCUT2D eigenvalue weighted by molar-refractivity contribution is -0.122. The molecule has 1 saturated heterocycles. The Balaban J connectivity index is 1.28. The maximum absolute atomic E-state index is 13.6. The highest BCUT2D eigenvalue weighted by Crippen LogP contribution is 2.44. The number of pyridine rings is 1. The number of para-hydroxylation sites is 1. The van der Waals surface area contributed by atoms with Crippen molar-refractivity contribution in [2.75, 3.05) is 10.8 Å². The number of imide groups is 1. The van der Waals surface area contributed by atoms with Gasteiger partial charge in [-0.25, -0.2) is 14.2 Å². The zero-order valence-corrected chi connectivity index (χ0v) is 27.6. The number of anilines is 1. The van der Waals surface area contributed by atoms with Gasteiger partial charge in [0.2, 0.25) is 17.6 Å². The van der Waals surface area contributed by atoms with E-state index in [0.29, 0.717) is 40.7 Å². The molecular formula is C34H26Br2ClFN2O5. The molecule has 0 bridgehead atoms. The maximum atomic E-state index is 13.6. The first-order chi connectivity index (χ1) is 21.7. The number of ether oxygens (including phenoxy) is 1. The molecule has 1 aliphatic carbocycles. The number of alkyl halides is 3. The van der Waals surface area contributed by atoms with Crippen molar-refractivity contribution in [2.24, 2.45) is 11.8 Å². The molecule has 0 N–H and O–H groups in total. The Labute approximate surface area is 280 Å². The predicted molar refractivity (Wildman–Crippen MR) is 177 cm³/mol. The van der Waals surface area contributed by atoms with Crippen molar-refractivity contribution < 1.29 is 28.3 Å². The smallest absolute Gasteiger partial charge is 0.339 e.